The summed E-state index contributed by atoms with van der Waals surface area (Å²) in [4.78, 5) is 4.04. The molecule has 1 aromatic carbocycles. The van der Waals surface area contributed by atoms with Crippen molar-refractivity contribution >= 4 is 9.84 Å². The van der Waals surface area contributed by atoms with E-state index in [0.29, 0.717) is 0 Å². The van der Waals surface area contributed by atoms with Crippen molar-refractivity contribution in [3.8, 4) is 11.1 Å². The summed E-state index contributed by atoms with van der Waals surface area (Å²) in [6.07, 6.45) is 6.42. The minimum Gasteiger partial charge on any atom is -0.264 e. The molecule has 17 heavy (non-hydrogen) atoms. The minimum atomic E-state index is -3.29. The van der Waals surface area contributed by atoms with Crippen LogP contribution in [0.5, 0.6) is 0 Å². The number of aromatic nitrogens is 1. The molecule has 4 heteroatoms. The topological polar surface area (TPSA) is 47.0 Å². The molecule has 0 N–H and O–H groups in total. The lowest BCUT2D eigenvalue weighted by molar-refractivity contribution is 0.603. The second-order valence-electron chi connectivity index (χ2n) is 3.79. The first-order chi connectivity index (χ1) is 8.06. The largest absolute Gasteiger partial charge is 0.264 e. The third-order valence-electron chi connectivity index (χ3n) is 2.37. The molecule has 0 aliphatic carbocycles. The predicted molar refractivity (Wildman–Crippen MR) is 67.7 cm³/mol. The molecular weight excluding hydrogens is 234 g/mol. The van der Waals surface area contributed by atoms with Gasteiger partial charge in [-0.1, -0.05) is 30.3 Å². The predicted octanol–water partition coefficient (Wildman–Crippen LogP) is 2.45. The number of benzene rings is 1. The average molecular weight is 246 g/mol. The van der Waals surface area contributed by atoms with Crippen molar-refractivity contribution in [3.63, 3.8) is 0 Å². The summed E-state index contributed by atoms with van der Waals surface area (Å²) in [5.41, 5.74) is 2.51. The first kappa shape index (κ1) is 11.8. The van der Waals surface area contributed by atoms with Crippen LogP contribution in [0, 0.1) is 6.26 Å². The van der Waals surface area contributed by atoms with E-state index < -0.39 is 9.84 Å². The molecule has 3 nitrogen and oxygen atoms in total. The van der Waals surface area contributed by atoms with Crippen LogP contribution in [0.3, 0.4) is 0 Å². The van der Waals surface area contributed by atoms with E-state index in [1.54, 1.807) is 18.5 Å². The lowest BCUT2D eigenvalue weighted by atomic mass is 10.0. The third-order valence-corrected chi connectivity index (χ3v) is 3.12. The zero-order valence-corrected chi connectivity index (χ0v) is 10.0. The summed E-state index contributed by atoms with van der Waals surface area (Å²) in [5.74, 6) is -0.0697. The van der Waals surface area contributed by atoms with Crippen LogP contribution in [-0.4, -0.2) is 13.4 Å². The Morgan fingerprint density at radius 2 is 1.82 bits per heavy atom. The van der Waals surface area contributed by atoms with E-state index in [9.17, 15) is 8.42 Å². The Bertz CT molecular complexity index is 606. The van der Waals surface area contributed by atoms with Gasteiger partial charge < -0.3 is 0 Å². The molecule has 0 amide bonds. The summed E-state index contributed by atoms with van der Waals surface area (Å²) in [6.45, 7) is 0. The molecule has 2 aromatic rings. The van der Waals surface area contributed by atoms with Crippen LogP contribution in [-0.2, 0) is 15.6 Å². The molecule has 0 aliphatic rings. The lowest BCUT2D eigenvalue weighted by Gasteiger charge is -2.07. The van der Waals surface area contributed by atoms with Crippen molar-refractivity contribution in [2.24, 2.45) is 0 Å². The highest BCUT2D eigenvalue weighted by Gasteiger charge is 2.10. The van der Waals surface area contributed by atoms with Gasteiger partial charge in [0, 0.05) is 18.0 Å². The van der Waals surface area contributed by atoms with Crippen LogP contribution >= 0.6 is 0 Å². The van der Waals surface area contributed by atoms with Crippen molar-refractivity contribution < 1.29 is 8.42 Å². The Balaban J connectivity index is 2.49. The maximum absolute atomic E-state index is 11.3. The highest BCUT2D eigenvalue weighted by atomic mass is 32.2. The Kier molecular flexibility index (Phi) is 3.24. The van der Waals surface area contributed by atoms with Gasteiger partial charge in [0.05, 0.1) is 12.0 Å². The normalized spacial score (nSPS) is 11.4. The molecule has 1 heterocycles. The smallest absolute Gasteiger partial charge is 0.155 e. The molecule has 1 aromatic heterocycles. The zero-order chi connectivity index (χ0) is 12.3. The number of hydrogen-bond donors (Lipinski definition) is 0. The molecule has 0 aliphatic heterocycles. The summed E-state index contributed by atoms with van der Waals surface area (Å²) in [5, 5.41) is 0. The molecule has 0 bridgehead atoms. The maximum Gasteiger partial charge on any atom is 0.155 e. The van der Waals surface area contributed by atoms with Gasteiger partial charge in [-0.2, -0.15) is 0 Å². The number of hydrogen-bond acceptors (Lipinski definition) is 3. The summed E-state index contributed by atoms with van der Waals surface area (Å²) in [6, 6.07) is 11.3. The van der Waals surface area contributed by atoms with E-state index in [0.717, 1.165) is 16.7 Å². The first-order valence-electron chi connectivity index (χ1n) is 5.10. The molecule has 0 fully saturated rings. The van der Waals surface area contributed by atoms with Gasteiger partial charge in [0.25, 0.3) is 0 Å². The number of pyridine rings is 1. The molecular formula is C13H12NO2S. The van der Waals surface area contributed by atoms with Crippen LogP contribution in [0.1, 0.15) is 5.56 Å². The van der Waals surface area contributed by atoms with E-state index >= 15 is 0 Å². The van der Waals surface area contributed by atoms with E-state index in [4.69, 9.17) is 0 Å². The molecule has 1 radical (unpaired) electrons. The van der Waals surface area contributed by atoms with Gasteiger partial charge in [-0.15, -0.1) is 0 Å². The third kappa shape index (κ3) is 3.14. The Morgan fingerprint density at radius 1 is 1.12 bits per heavy atom. The summed E-state index contributed by atoms with van der Waals surface area (Å²) >= 11 is 0. The molecule has 0 saturated heterocycles. The van der Waals surface area contributed by atoms with Crippen molar-refractivity contribution in [2.45, 2.75) is 5.75 Å². The standard InChI is InChI=1S/C13H12NO2S/c1-17(15,16)10-12-7-8-14-9-13(12)11-5-3-2-4-6-11/h2-9H,1,10H2. The minimum absolute atomic E-state index is 0.0697. The van der Waals surface area contributed by atoms with E-state index in [1.165, 1.54) is 0 Å². The lowest BCUT2D eigenvalue weighted by Crippen LogP contribution is -2.00. The van der Waals surface area contributed by atoms with E-state index in [1.807, 2.05) is 30.3 Å². The number of sulfone groups is 1. The van der Waals surface area contributed by atoms with E-state index in [-0.39, 0.29) is 5.75 Å². The molecule has 87 valence electrons. The zero-order valence-electron chi connectivity index (χ0n) is 9.20. The number of nitrogens with zero attached hydrogens (tertiary/aromatic N) is 1. The van der Waals surface area contributed by atoms with Crippen molar-refractivity contribution in [1.29, 1.82) is 0 Å². The fraction of sp³-hybridized carbons (Fsp3) is 0.0769. The van der Waals surface area contributed by atoms with Crippen molar-refractivity contribution in [3.05, 3.63) is 60.6 Å². The van der Waals surface area contributed by atoms with Gasteiger partial charge in [-0.3, -0.25) is 4.98 Å². The van der Waals surface area contributed by atoms with Crippen molar-refractivity contribution in [2.75, 3.05) is 0 Å². The maximum atomic E-state index is 11.3. The highest BCUT2D eigenvalue weighted by Crippen LogP contribution is 2.23. The van der Waals surface area contributed by atoms with Gasteiger partial charge in [0.15, 0.2) is 9.84 Å². The summed E-state index contributed by atoms with van der Waals surface area (Å²) in [7, 11) is -3.29. The van der Waals surface area contributed by atoms with Crippen LogP contribution in [0.15, 0.2) is 48.8 Å². The molecule has 0 unspecified atom stereocenters. The SMILES string of the molecule is [CH2]S(=O)(=O)Cc1ccncc1-c1ccccc1. The second kappa shape index (κ2) is 4.67. The van der Waals surface area contributed by atoms with E-state index in [2.05, 4.69) is 11.2 Å². The fourth-order valence-electron chi connectivity index (χ4n) is 1.66. The van der Waals surface area contributed by atoms with Gasteiger partial charge in [-0.25, -0.2) is 8.42 Å². The van der Waals surface area contributed by atoms with Crippen LogP contribution in [0.25, 0.3) is 11.1 Å². The molecule has 2 rings (SSSR count). The first-order valence-corrected chi connectivity index (χ1v) is 6.92. The Morgan fingerprint density at radius 3 is 2.47 bits per heavy atom. The van der Waals surface area contributed by atoms with Gasteiger partial charge in [-0.05, 0) is 17.2 Å². The van der Waals surface area contributed by atoms with Gasteiger partial charge in [0.1, 0.15) is 0 Å². The molecule has 0 atom stereocenters. The fourth-order valence-corrected chi connectivity index (χ4v) is 2.39. The van der Waals surface area contributed by atoms with Crippen molar-refractivity contribution in [1.82, 2.24) is 4.98 Å². The monoisotopic (exact) mass is 246 g/mol. The Hall–Kier alpha value is -1.68. The van der Waals surface area contributed by atoms with Gasteiger partial charge >= 0.3 is 0 Å². The van der Waals surface area contributed by atoms with Gasteiger partial charge in [0.2, 0.25) is 0 Å². The van der Waals surface area contributed by atoms with Crippen LogP contribution in [0.4, 0.5) is 0 Å². The Labute approximate surface area is 101 Å². The van der Waals surface area contributed by atoms with Crippen LogP contribution < -0.4 is 0 Å². The number of rotatable bonds is 3. The highest BCUT2D eigenvalue weighted by molar-refractivity contribution is 7.91. The average Bonchev–Trinajstić information content (AvgIpc) is 2.29. The summed E-state index contributed by atoms with van der Waals surface area (Å²) < 4.78 is 22.5. The molecule has 0 saturated carbocycles. The second-order valence-corrected chi connectivity index (χ2v) is 5.56. The van der Waals surface area contributed by atoms with Crippen LogP contribution in [0.2, 0.25) is 0 Å². The quantitative estimate of drug-likeness (QED) is 0.835. The molecule has 0 spiro atoms.